The number of aromatic nitrogens is 2. The van der Waals surface area contributed by atoms with Crippen LogP contribution in [0.15, 0.2) is 127 Å². The fourth-order valence-electron chi connectivity index (χ4n) is 5.19. The van der Waals surface area contributed by atoms with Crippen molar-refractivity contribution in [3.8, 4) is 16.8 Å². The van der Waals surface area contributed by atoms with Gasteiger partial charge in [-0.25, -0.2) is 22.5 Å². The molecule has 0 saturated carbocycles. The number of imidazole rings is 1. The maximum Gasteiger partial charge on any atom is 0.171 e. The lowest BCUT2D eigenvalue weighted by Gasteiger charge is -2.34. The zero-order valence-electron chi connectivity index (χ0n) is 30.5. The monoisotopic (exact) mass is 721 g/mol. The van der Waals surface area contributed by atoms with E-state index in [9.17, 15) is 17.6 Å². The smallest absolute Gasteiger partial charge is 0.171 e. The maximum absolute atomic E-state index is 12.8. The van der Waals surface area contributed by atoms with E-state index in [0.29, 0.717) is 0 Å². The number of piperazine rings is 1. The summed E-state index contributed by atoms with van der Waals surface area (Å²) in [4.78, 5) is 10.9. The number of azide groups is 1. The van der Waals surface area contributed by atoms with Gasteiger partial charge in [0.15, 0.2) is 23.3 Å². The molecule has 1 aliphatic rings. The van der Waals surface area contributed by atoms with Gasteiger partial charge >= 0.3 is 0 Å². The first-order valence-corrected chi connectivity index (χ1v) is 17.0. The van der Waals surface area contributed by atoms with Gasteiger partial charge in [0.05, 0.1) is 6.33 Å². The van der Waals surface area contributed by atoms with Crippen molar-refractivity contribution in [1.29, 1.82) is 0 Å². The SMILES string of the molecule is Cc1c(F)c(F)c(N=[N+]=[N-])c(F)c1F.Cc1ccc(-c2ccccc2)cc1.Cc1ccc(-n2ccnc2)cc1.Cc1ccc(N2CCN(C)CC2)cc1. The van der Waals surface area contributed by atoms with Gasteiger partial charge in [-0.1, -0.05) is 101 Å². The molecule has 0 bridgehead atoms. The third-order valence-electron chi connectivity index (χ3n) is 8.50. The largest absolute Gasteiger partial charge is 0.369 e. The van der Waals surface area contributed by atoms with E-state index in [1.54, 1.807) is 12.5 Å². The highest BCUT2D eigenvalue weighted by Gasteiger charge is 2.21. The maximum atomic E-state index is 12.8. The fourth-order valence-corrected chi connectivity index (χ4v) is 5.19. The highest BCUT2D eigenvalue weighted by Crippen LogP contribution is 2.29. The van der Waals surface area contributed by atoms with Gasteiger partial charge in [0.25, 0.3) is 0 Å². The number of hydrogen-bond acceptors (Lipinski definition) is 4. The predicted octanol–water partition coefficient (Wildman–Crippen LogP) is 11.1. The Bertz CT molecular complexity index is 2030. The van der Waals surface area contributed by atoms with Crippen molar-refractivity contribution < 1.29 is 17.6 Å². The van der Waals surface area contributed by atoms with Gasteiger partial charge in [-0.15, -0.1) is 0 Å². The molecule has 0 unspecified atom stereocenters. The molecule has 7 nitrogen and oxygen atoms in total. The number of likely N-dealkylation sites (N-methyl/N-ethyl adjacent to an activating group) is 1. The topological polar surface area (TPSA) is 73.1 Å². The van der Waals surface area contributed by atoms with Crippen LogP contribution in [0.5, 0.6) is 0 Å². The Morgan fingerprint density at radius 3 is 1.55 bits per heavy atom. The van der Waals surface area contributed by atoms with E-state index in [0.717, 1.165) is 25.7 Å². The van der Waals surface area contributed by atoms with Crippen LogP contribution in [0.25, 0.3) is 27.3 Å². The van der Waals surface area contributed by atoms with E-state index in [1.807, 2.05) is 16.8 Å². The summed E-state index contributed by atoms with van der Waals surface area (Å²) in [7, 11) is 2.19. The summed E-state index contributed by atoms with van der Waals surface area (Å²) in [5.74, 6) is -6.52. The van der Waals surface area contributed by atoms with E-state index in [4.69, 9.17) is 5.53 Å². The number of rotatable bonds is 4. The normalized spacial score (nSPS) is 12.2. The van der Waals surface area contributed by atoms with Gasteiger partial charge in [0.1, 0.15) is 5.69 Å². The lowest BCUT2D eigenvalue weighted by atomic mass is 10.0. The van der Waals surface area contributed by atoms with E-state index >= 15 is 0 Å². The Morgan fingerprint density at radius 1 is 0.604 bits per heavy atom. The molecule has 0 aliphatic carbocycles. The van der Waals surface area contributed by atoms with Gasteiger partial charge in [-0.2, -0.15) is 0 Å². The highest BCUT2D eigenvalue weighted by atomic mass is 19.2. The highest BCUT2D eigenvalue weighted by molar-refractivity contribution is 5.63. The third kappa shape index (κ3) is 11.6. The van der Waals surface area contributed by atoms with Crippen molar-refractivity contribution in [3.63, 3.8) is 0 Å². The van der Waals surface area contributed by atoms with E-state index in [2.05, 4.69) is 150 Å². The standard InChI is InChI=1S/C13H12.C12H18N2.C10H10N2.C7H3F4N3/c1-11-7-9-13(10-8-11)12-5-3-2-4-6-12;1-11-3-5-12(6-4-11)14-9-7-13(2)8-10-14;1-9-2-4-10(5-3-9)12-7-6-11-8-12;1-2-3(8)5(10)7(13-14-12)6(11)4(2)9/h2-10H,1H3;3-6H,7-10H2,1-2H3;2-8H,1H3;1H3. The molecule has 7 rings (SSSR count). The zero-order valence-corrected chi connectivity index (χ0v) is 30.5. The summed E-state index contributed by atoms with van der Waals surface area (Å²) < 4.78 is 53.3. The van der Waals surface area contributed by atoms with Crippen LogP contribution in [0.2, 0.25) is 0 Å². The van der Waals surface area contributed by atoms with Crippen LogP contribution < -0.4 is 4.90 Å². The summed E-state index contributed by atoms with van der Waals surface area (Å²) in [6.07, 6.45) is 5.51. The van der Waals surface area contributed by atoms with E-state index in [-0.39, 0.29) is 0 Å². The molecule has 11 heteroatoms. The van der Waals surface area contributed by atoms with Crippen molar-refractivity contribution in [1.82, 2.24) is 14.5 Å². The van der Waals surface area contributed by atoms with Crippen LogP contribution in [-0.2, 0) is 0 Å². The van der Waals surface area contributed by atoms with Gasteiger partial charge in [-0.3, -0.25) is 0 Å². The molecule has 5 aromatic carbocycles. The van der Waals surface area contributed by atoms with Gasteiger partial charge < -0.3 is 14.4 Å². The van der Waals surface area contributed by atoms with E-state index in [1.165, 1.54) is 46.6 Å². The Labute approximate surface area is 308 Å². The molecule has 6 aromatic rings. The molecule has 0 amide bonds. The molecular weight excluding hydrogens is 679 g/mol. The average molecular weight is 722 g/mol. The van der Waals surface area contributed by atoms with Crippen LogP contribution in [-0.4, -0.2) is 47.7 Å². The van der Waals surface area contributed by atoms with Crippen LogP contribution in [0.3, 0.4) is 0 Å². The molecule has 1 aliphatic heterocycles. The lowest BCUT2D eigenvalue weighted by Crippen LogP contribution is -2.44. The molecule has 2 heterocycles. The molecule has 0 atom stereocenters. The molecular formula is C42H43F4N7. The molecule has 1 saturated heterocycles. The molecule has 1 fully saturated rings. The molecule has 53 heavy (non-hydrogen) atoms. The first-order chi connectivity index (χ1) is 25.5. The Kier molecular flexibility index (Phi) is 14.8. The molecule has 0 radical (unpaired) electrons. The van der Waals surface area contributed by atoms with Gasteiger partial charge in [-0.05, 0) is 75.7 Å². The van der Waals surface area contributed by atoms with Crippen molar-refractivity contribution in [2.75, 3.05) is 38.1 Å². The first kappa shape index (κ1) is 39.9. The molecule has 0 spiro atoms. The number of benzene rings is 5. The van der Waals surface area contributed by atoms with E-state index < -0.39 is 34.5 Å². The predicted molar refractivity (Wildman–Crippen MR) is 206 cm³/mol. The zero-order chi connectivity index (χ0) is 38.3. The second kappa shape index (κ2) is 19.6. The van der Waals surface area contributed by atoms with Crippen LogP contribution in [0.1, 0.15) is 22.3 Å². The molecule has 1 aromatic heterocycles. The number of halogens is 4. The third-order valence-corrected chi connectivity index (χ3v) is 8.50. The van der Waals surface area contributed by atoms with Crippen molar-refractivity contribution in [3.05, 3.63) is 178 Å². The summed E-state index contributed by atoms with van der Waals surface area (Å²) in [6.45, 7) is 11.8. The van der Waals surface area contributed by atoms with Crippen LogP contribution in [0, 0.1) is 51.0 Å². The second-order valence-corrected chi connectivity index (χ2v) is 12.6. The lowest BCUT2D eigenvalue weighted by molar-refractivity contribution is 0.313. The summed E-state index contributed by atoms with van der Waals surface area (Å²) in [5.41, 5.74) is 14.8. The van der Waals surface area contributed by atoms with Crippen molar-refractivity contribution >= 4 is 11.4 Å². The summed E-state index contributed by atoms with van der Waals surface area (Å²) >= 11 is 0. The quantitative estimate of drug-likeness (QED) is 0.0598. The average Bonchev–Trinajstić information content (AvgIpc) is 3.73. The van der Waals surface area contributed by atoms with Crippen molar-refractivity contribution in [2.24, 2.45) is 5.11 Å². The summed E-state index contributed by atoms with van der Waals surface area (Å²) in [6, 6.07) is 36.2. The number of aryl methyl sites for hydroxylation is 3. The first-order valence-electron chi connectivity index (χ1n) is 17.0. The van der Waals surface area contributed by atoms with Crippen molar-refractivity contribution in [2.45, 2.75) is 27.7 Å². The van der Waals surface area contributed by atoms with Crippen LogP contribution >= 0.6 is 0 Å². The molecule has 0 N–H and O–H groups in total. The second-order valence-electron chi connectivity index (χ2n) is 12.6. The number of hydrogen-bond donors (Lipinski definition) is 0. The minimum atomic E-state index is -1.70. The van der Waals surface area contributed by atoms with Gasteiger partial charge in [0.2, 0.25) is 0 Å². The summed E-state index contributed by atoms with van der Waals surface area (Å²) in [5, 5.41) is 2.52. The minimum Gasteiger partial charge on any atom is -0.369 e. The number of nitrogens with zero attached hydrogens (tertiary/aromatic N) is 7. The minimum absolute atomic E-state index is 0.795. The Hall–Kier alpha value is -5.90. The molecule has 274 valence electrons. The number of anilines is 1. The Balaban J connectivity index is 0.000000158. The van der Waals surface area contributed by atoms with Gasteiger partial charge in [0, 0.05) is 60.4 Å². The Morgan fingerprint density at radius 2 is 1.08 bits per heavy atom. The van der Waals surface area contributed by atoms with Crippen LogP contribution in [0.4, 0.5) is 28.9 Å². The fraction of sp³-hybridized carbons (Fsp3) is 0.214.